The van der Waals surface area contributed by atoms with E-state index in [1.54, 1.807) is 12.1 Å². The summed E-state index contributed by atoms with van der Waals surface area (Å²) in [6.07, 6.45) is 2.89. The van der Waals surface area contributed by atoms with Gasteiger partial charge in [0.05, 0.1) is 6.26 Å². The van der Waals surface area contributed by atoms with Gasteiger partial charge in [0.25, 0.3) is 0 Å². The van der Waals surface area contributed by atoms with E-state index in [2.05, 4.69) is 4.72 Å². The largest absolute Gasteiger partial charge is 0.343 e. The predicted octanol–water partition coefficient (Wildman–Crippen LogP) is 4.23. The van der Waals surface area contributed by atoms with Crippen molar-refractivity contribution in [3.05, 3.63) is 70.7 Å². The second-order valence-electron chi connectivity index (χ2n) is 6.44. The zero-order chi connectivity index (χ0) is 19.2. The average molecular weight is 406 g/mol. The Bertz CT molecular complexity index is 1260. The zero-order valence-electron chi connectivity index (χ0n) is 14.4. The molecule has 0 amide bonds. The van der Waals surface area contributed by atoms with E-state index in [0.717, 1.165) is 27.4 Å². The summed E-state index contributed by atoms with van der Waals surface area (Å²) >= 11 is 1.54. The second-order valence-corrected chi connectivity index (χ2v) is 9.18. The van der Waals surface area contributed by atoms with Gasteiger partial charge in [-0.3, -0.25) is 0 Å². The Balaban J connectivity index is 1.78. The Kier molecular flexibility index (Phi) is 4.49. The van der Waals surface area contributed by atoms with Crippen molar-refractivity contribution in [1.82, 2.24) is 9.29 Å². The molecule has 0 atom stereocenters. The molecule has 0 aliphatic heterocycles. The van der Waals surface area contributed by atoms with Crippen molar-refractivity contribution in [2.24, 2.45) is 0 Å². The first-order valence-electron chi connectivity index (χ1n) is 8.18. The number of nitrogens with zero attached hydrogens (tertiary/aromatic N) is 1. The topological polar surface area (TPSA) is 51.1 Å². The molecule has 2 aromatic carbocycles. The summed E-state index contributed by atoms with van der Waals surface area (Å²) in [6.45, 7) is 0.551. The van der Waals surface area contributed by atoms with Gasteiger partial charge in [-0.05, 0) is 52.9 Å². The Morgan fingerprint density at radius 3 is 2.48 bits per heavy atom. The maximum Gasteiger partial charge on any atom is 0.209 e. The van der Waals surface area contributed by atoms with E-state index in [1.807, 2.05) is 16.1 Å². The van der Waals surface area contributed by atoms with Crippen LogP contribution in [0.2, 0.25) is 0 Å². The summed E-state index contributed by atoms with van der Waals surface area (Å²) in [7, 11) is -3.37. The lowest BCUT2D eigenvalue weighted by molar-refractivity contribution is 0.587. The molecule has 0 unspecified atom stereocenters. The van der Waals surface area contributed by atoms with Gasteiger partial charge in [-0.15, -0.1) is 11.3 Å². The molecular weight excluding hydrogens is 390 g/mol. The summed E-state index contributed by atoms with van der Waals surface area (Å²) in [5, 5.41) is 3.48. The number of halogens is 2. The van der Waals surface area contributed by atoms with Gasteiger partial charge in [-0.25, -0.2) is 21.9 Å². The fourth-order valence-electron chi connectivity index (χ4n) is 3.18. The third kappa shape index (κ3) is 3.73. The molecule has 0 aliphatic rings. The van der Waals surface area contributed by atoms with Crippen LogP contribution in [0.15, 0.2) is 48.0 Å². The highest BCUT2D eigenvalue weighted by molar-refractivity contribution is 7.88. The van der Waals surface area contributed by atoms with Crippen molar-refractivity contribution in [3.8, 4) is 0 Å². The molecular formula is C19H16F2N2O2S2. The number of rotatable bonds is 5. The van der Waals surface area contributed by atoms with Crippen molar-refractivity contribution in [3.63, 3.8) is 0 Å². The average Bonchev–Trinajstić information content (AvgIpc) is 3.14. The van der Waals surface area contributed by atoms with Crippen molar-refractivity contribution >= 4 is 42.3 Å². The van der Waals surface area contributed by atoms with Gasteiger partial charge >= 0.3 is 0 Å². The lowest BCUT2D eigenvalue weighted by Gasteiger charge is -2.05. The maximum absolute atomic E-state index is 13.7. The summed E-state index contributed by atoms with van der Waals surface area (Å²) < 4.78 is 55.6. The van der Waals surface area contributed by atoms with E-state index in [0.29, 0.717) is 17.5 Å². The summed E-state index contributed by atoms with van der Waals surface area (Å²) in [6, 6.07) is 9.14. The predicted molar refractivity (Wildman–Crippen MR) is 104 cm³/mol. The third-order valence-corrected chi connectivity index (χ3v) is 6.09. The molecule has 27 heavy (non-hydrogen) atoms. The number of aromatic nitrogens is 1. The quantitative estimate of drug-likeness (QED) is 0.539. The zero-order valence-corrected chi connectivity index (χ0v) is 16.0. The first kappa shape index (κ1) is 18.1. The van der Waals surface area contributed by atoms with Gasteiger partial charge in [0.1, 0.15) is 11.6 Å². The normalized spacial score (nSPS) is 12.3. The molecule has 4 nitrogen and oxygen atoms in total. The van der Waals surface area contributed by atoms with Crippen LogP contribution < -0.4 is 4.72 Å². The minimum atomic E-state index is -3.37. The van der Waals surface area contributed by atoms with Crippen LogP contribution in [0.3, 0.4) is 0 Å². The Labute approximate surface area is 159 Å². The summed E-state index contributed by atoms with van der Waals surface area (Å²) in [5.74, 6) is -0.677. The molecule has 0 saturated heterocycles. The number of benzene rings is 2. The highest BCUT2D eigenvalue weighted by atomic mass is 32.2. The fourth-order valence-corrected chi connectivity index (χ4v) is 4.54. The lowest BCUT2D eigenvalue weighted by atomic mass is 10.1. The third-order valence-electron chi connectivity index (χ3n) is 4.41. The molecule has 4 rings (SSSR count). The van der Waals surface area contributed by atoms with Gasteiger partial charge in [0, 0.05) is 40.3 Å². The van der Waals surface area contributed by atoms with Gasteiger partial charge in [-0.1, -0.05) is 0 Å². The highest BCUT2D eigenvalue weighted by Gasteiger charge is 2.13. The second kappa shape index (κ2) is 6.70. The van der Waals surface area contributed by atoms with E-state index in [1.165, 1.54) is 35.6 Å². The molecule has 1 N–H and O–H groups in total. The Hall–Kier alpha value is -2.29. The lowest BCUT2D eigenvalue weighted by Crippen LogP contribution is -2.21. The summed E-state index contributed by atoms with van der Waals surface area (Å²) in [4.78, 5) is 0. The van der Waals surface area contributed by atoms with Gasteiger partial charge in [0.15, 0.2) is 0 Å². The molecule has 0 saturated carbocycles. The van der Waals surface area contributed by atoms with E-state index >= 15 is 0 Å². The van der Waals surface area contributed by atoms with Gasteiger partial charge < -0.3 is 4.57 Å². The van der Waals surface area contributed by atoms with Gasteiger partial charge in [0.2, 0.25) is 10.0 Å². The summed E-state index contributed by atoms with van der Waals surface area (Å²) in [5.41, 5.74) is 2.43. The Morgan fingerprint density at radius 2 is 1.74 bits per heavy atom. The first-order valence-corrected chi connectivity index (χ1v) is 10.9. The van der Waals surface area contributed by atoms with Crippen LogP contribution in [-0.4, -0.2) is 19.2 Å². The minimum absolute atomic E-state index is 0.0742. The number of hydrogen-bond donors (Lipinski definition) is 1. The molecule has 2 heterocycles. The van der Waals surface area contributed by atoms with Crippen molar-refractivity contribution < 1.29 is 17.2 Å². The Morgan fingerprint density at radius 1 is 1.04 bits per heavy atom. The molecule has 0 radical (unpaired) electrons. The van der Waals surface area contributed by atoms with Crippen LogP contribution >= 0.6 is 11.3 Å². The number of fused-ring (bicyclic) bond motifs is 2. The maximum atomic E-state index is 13.7. The molecule has 140 valence electrons. The number of thiophene rings is 1. The first-order chi connectivity index (χ1) is 12.8. The standard InChI is InChI=1S/C19H16F2N2O2S2/c1-27(24,25)22-8-12-9-23(18-4-2-14(20)6-16(12)18)10-13-11-26-19-5-3-15(21)7-17(13)19/h2-7,9,11,22H,8,10H2,1H3. The van der Waals surface area contributed by atoms with Crippen LogP contribution in [0, 0.1) is 11.6 Å². The molecule has 0 bridgehead atoms. The number of nitrogens with one attached hydrogen (secondary N) is 1. The smallest absolute Gasteiger partial charge is 0.209 e. The van der Waals surface area contributed by atoms with Crippen molar-refractivity contribution in [2.45, 2.75) is 13.1 Å². The van der Waals surface area contributed by atoms with Gasteiger partial charge in [-0.2, -0.15) is 0 Å². The number of hydrogen-bond acceptors (Lipinski definition) is 3. The van der Waals surface area contributed by atoms with Crippen LogP contribution in [0.4, 0.5) is 8.78 Å². The van der Waals surface area contributed by atoms with E-state index in [4.69, 9.17) is 0 Å². The molecule has 8 heteroatoms. The molecule has 0 spiro atoms. The van der Waals surface area contributed by atoms with E-state index in [9.17, 15) is 17.2 Å². The molecule has 2 aromatic heterocycles. The molecule has 0 aliphatic carbocycles. The van der Waals surface area contributed by atoms with Crippen molar-refractivity contribution in [1.29, 1.82) is 0 Å². The molecule has 4 aromatic rings. The fraction of sp³-hybridized carbons (Fsp3) is 0.158. The van der Waals surface area contributed by atoms with Crippen LogP contribution in [0.1, 0.15) is 11.1 Å². The minimum Gasteiger partial charge on any atom is -0.343 e. The monoisotopic (exact) mass is 406 g/mol. The van der Waals surface area contributed by atoms with E-state index in [-0.39, 0.29) is 18.2 Å². The van der Waals surface area contributed by atoms with Crippen LogP contribution in [0.5, 0.6) is 0 Å². The highest BCUT2D eigenvalue weighted by Crippen LogP contribution is 2.30. The van der Waals surface area contributed by atoms with Crippen LogP contribution in [0.25, 0.3) is 21.0 Å². The van der Waals surface area contributed by atoms with Crippen molar-refractivity contribution in [2.75, 3.05) is 6.26 Å². The number of sulfonamides is 1. The SMILES string of the molecule is CS(=O)(=O)NCc1cn(Cc2csc3ccc(F)cc23)c2ccc(F)cc12. The molecule has 0 fully saturated rings. The van der Waals surface area contributed by atoms with Crippen LogP contribution in [-0.2, 0) is 23.1 Å². The van der Waals surface area contributed by atoms with E-state index < -0.39 is 10.0 Å².